The normalized spacial score (nSPS) is 22.5. The van der Waals surface area contributed by atoms with E-state index in [9.17, 15) is 14.9 Å². The Balaban J connectivity index is 1.45. The minimum atomic E-state index is -0.475. The third kappa shape index (κ3) is 5.02. The molecule has 0 saturated carbocycles. The second kappa shape index (κ2) is 10.9. The number of carbonyl (C=O) groups excluding carboxylic acids is 1. The molecule has 9 heteroatoms. The summed E-state index contributed by atoms with van der Waals surface area (Å²) >= 11 is 0. The van der Waals surface area contributed by atoms with Crippen LogP contribution in [0.4, 0.5) is 22.7 Å². The molecule has 9 nitrogen and oxygen atoms in total. The number of fused-ring (bicyclic) bond motifs is 4. The Bertz CT molecular complexity index is 1680. The summed E-state index contributed by atoms with van der Waals surface area (Å²) in [5.41, 5.74) is 6.34. The Labute approximate surface area is 259 Å². The molecule has 2 fully saturated rings. The minimum Gasteiger partial charge on any atom is -0.373 e. The Kier molecular flexibility index (Phi) is 7.13. The number of likely N-dealkylation sites (N-methyl/N-ethyl adjacent to an activating group) is 2. The zero-order valence-corrected chi connectivity index (χ0v) is 26.2. The fourth-order valence-electron chi connectivity index (χ4n) is 7.65. The van der Waals surface area contributed by atoms with Gasteiger partial charge < -0.3 is 24.9 Å². The Hall–Kier alpha value is -3.95. The van der Waals surface area contributed by atoms with Gasteiger partial charge >= 0.3 is 0 Å². The molecule has 0 spiro atoms. The van der Waals surface area contributed by atoms with Gasteiger partial charge in [-0.3, -0.25) is 14.9 Å². The molecule has 44 heavy (non-hydrogen) atoms. The largest absolute Gasteiger partial charge is 0.373 e. The van der Waals surface area contributed by atoms with Gasteiger partial charge in [0.15, 0.2) is 5.78 Å². The van der Waals surface area contributed by atoms with Crippen molar-refractivity contribution in [3.63, 3.8) is 0 Å². The van der Waals surface area contributed by atoms with Gasteiger partial charge in [0, 0.05) is 92.9 Å². The summed E-state index contributed by atoms with van der Waals surface area (Å²) in [6.45, 7) is 11.0. The van der Waals surface area contributed by atoms with Crippen molar-refractivity contribution in [3.05, 3.63) is 75.3 Å². The number of nitro groups is 1. The van der Waals surface area contributed by atoms with E-state index in [1.807, 2.05) is 6.07 Å². The van der Waals surface area contributed by atoms with Gasteiger partial charge in [-0.05, 0) is 54.4 Å². The molecule has 0 bridgehead atoms. The number of piperazine rings is 2. The van der Waals surface area contributed by atoms with Crippen LogP contribution >= 0.6 is 0 Å². The highest BCUT2D eigenvalue weighted by Crippen LogP contribution is 2.54. The van der Waals surface area contributed by atoms with E-state index in [4.69, 9.17) is 0 Å². The number of nitrogens with zero attached hydrogens (tertiary/aromatic N) is 5. The molecule has 3 aromatic rings. The highest BCUT2D eigenvalue weighted by atomic mass is 16.6. The number of ketones is 1. The van der Waals surface area contributed by atoms with E-state index in [1.165, 1.54) is 0 Å². The number of Topliss-reactive ketones (excluding diaryl/α,β-unsaturated/α-hetero) is 1. The number of carbonyl (C=O) groups is 1. The smallest absolute Gasteiger partial charge is 0.293 e. The number of benzene rings is 3. The molecule has 230 valence electrons. The fourth-order valence-corrected chi connectivity index (χ4v) is 7.65. The van der Waals surface area contributed by atoms with Crippen LogP contribution in [0.25, 0.3) is 16.3 Å². The third-order valence-corrected chi connectivity index (χ3v) is 10.1. The van der Waals surface area contributed by atoms with Gasteiger partial charge in [-0.1, -0.05) is 44.2 Å². The number of nitro benzene ring substituents is 1. The Morgan fingerprint density at radius 1 is 0.841 bits per heavy atom. The lowest BCUT2D eigenvalue weighted by Gasteiger charge is -2.42. The maximum atomic E-state index is 14.2. The van der Waals surface area contributed by atoms with E-state index in [0.29, 0.717) is 12.1 Å². The van der Waals surface area contributed by atoms with Gasteiger partial charge in [-0.2, -0.15) is 0 Å². The fraction of sp³-hybridized carbons (Fsp3) is 0.457. The average Bonchev–Trinajstić information content (AvgIpc) is 3.00. The minimum absolute atomic E-state index is 0.110. The molecule has 0 amide bonds. The van der Waals surface area contributed by atoms with Crippen molar-refractivity contribution in [1.29, 1.82) is 0 Å². The molecular formula is C35H42N6O3. The van der Waals surface area contributed by atoms with Crippen molar-refractivity contribution in [1.82, 2.24) is 9.80 Å². The molecule has 7 rings (SSSR count). The number of anilines is 3. The summed E-state index contributed by atoms with van der Waals surface area (Å²) in [5, 5.41) is 18.8. The van der Waals surface area contributed by atoms with Crippen LogP contribution in [0, 0.1) is 15.5 Å². The van der Waals surface area contributed by atoms with Crippen LogP contribution < -0.4 is 15.1 Å². The monoisotopic (exact) mass is 594 g/mol. The lowest BCUT2D eigenvalue weighted by molar-refractivity contribution is -0.384. The van der Waals surface area contributed by atoms with Crippen molar-refractivity contribution < 1.29 is 9.72 Å². The number of rotatable bonds is 4. The van der Waals surface area contributed by atoms with Crippen LogP contribution in [-0.2, 0) is 4.79 Å². The second-order valence-electron chi connectivity index (χ2n) is 13.9. The van der Waals surface area contributed by atoms with Gasteiger partial charge in [-0.15, -0.1) is 0 Å². The third-order valence-electron chi connectivity index (χ3n) is 10.1. The molecule has 3 heterocycles. The summed E-state index contributed by atoms with van der Waals surface area (Å²) in [5.74, 6) is 0.127. The number of hydrogen-bond donors (Lipinski definition) is 1. The van der Waals surface area contributed by atoms with Crippen LogP contribution in [-0.4, -0.2) is 87.0 Å². The first-order valence-electron chi connectivity index (χ1n) is 15.8. The van der Waals surface area contributed by atoms with Crippen LogP contribution in [0.15, 0.2) is 54.1 Å². The summed E-state index contributed by atoms with van der Waals surface area (Å²) in [7, 11) is 4.22. The van der Waals surface area contributed by atoms with Crippen molar-refractivity contribution in [3.8, 4) is 0 Å². The maximum Gasteiger partial charge on any atom is 0.293 e. The summed E-state index contributed by atoms with van der Waals surface area (Å²) in [6, 6.07) is 15.9. The molecule has 1 aliphatic carbocycles. The van der Waals surface area contributed by atoms with E-state index in [0.717, 1.165) is 103 Å². The zero-order chi connectivity index (χ0) is 30.7. The summed E-state index contributed by atoms with van der Waals surface area (Å²) in [4.78, 5) is 35.8. The molecule has 1 atom stereocenters. The molecule has 3 aromatic carbocycles. The average molecular weight is 595 g/mol. The van der Waals surface area contributed by atoms with Crippen molar-refractivity contribution in [2.45, 2.75) is 32.7 Å². The van der Waals surface area contributed by atoms with Crippen LogP contribution in [0.2, 0.25) is 0 Å². The van der Waals surface area contributed by atoms with E-state index < -0.39 is 6.04 Å². The van der Waals surface area contributed by atoms with Gasteiger partial charge in [0.1, 0.15) is 5.69 Å². The maximum absolute atomic E-state index is 14.2. The first kappa shape index (κ1) is 28.8. The lowest BCUT2D eigenvalue weighted by Crippen LogP contribution is -2.46. The Morgan fingerprint density at radius 2 is 1.48 bits per heavy atom. The number of nitrogens with one attached hydrogen (secondary N) is 1. The van der Waals surface area contributed by atoms with E-state index >= 15 is 0 Å². The van der Waals surface area contributed by atoms with E-state index in [-0.39, 0.29) is 21.8 Å². The van der Waals surface area contributed by atoms with Crippen LogP contribution in [0.5, 0.6) is 0 Å². The van der Waals surface area contributed by atoms with Crippen LogP contribution in [0.3, 0.4) is 0 Å². The molecule has 3 aliphatic heterocycles. The summed E-state index contributed by atoms with van der Waals surface area (Å²) < 4.78 is 0. The zero-order valence-electron chi connectivity index (χ0n) is 26.2. The van der Waals surface area contributed by atoms with Gasteiger partial charge in [-0.25, -0.2) is 0 Å². The first-order valence-corrected chi connectivity index (χ1v) is 15.8. The molecule has 1 N–H and O–H groups in total. The predicted octanol–water partition coefficient (Wildman–Crippen LogP) is 5.56. The first-order chi connectivity index (χ1) is 21.1. The standard InChI is InChI=1S/C35H42N6O3/c1-35(2)21-26-32-24-8-6-5-7-23(24)9-10-27(32)36-34(33(26)31(42)22-35)25-19-30(41(43)44)29(40-17-13-38(4)14-18-40)20-28(25)39-15-11-37(3)12-16-39/h5-10,19-20,34,36H,11-18,21-22H2,1-4H3/t34-/m0/s1. The van der Waals surface area contributed by atoms with Gasteiger partial charge in [0.05, 0.1) is 11.0 Å². The van der Waals surface area contributed by atoms with Gasteiger partial charge in [0.2, 0.25) is 0 Å². The van der Waals surface area contributed by atoms with Crippen molar-refractivity contribution in [2.75, 3.05) is 81.6 Å². The molecule has 0 unspecified atom stereocenters. The summed E-state index contributed by atoms with van der Waals surface area (Å²) in [6.07, 6.45) is 1.23. The van der Waals surface area contributed by atoms with Crippen molar-refractivity contribution in [2.24, 2.45) is 5.41 Å². The molecule has 0 aromatic heterocycles. The molecule has 2 saturated heterocycles. The second-order valence-corrected chi connectivity index (χ2v) is 13.9. The highest BCUT2D eigenvalue weighted by molar-refractivity contribution is 6.13. The SMILES string of the molecule is CN1CCN(c2cc(N3CCN(C)CC3)c([N+](=O)[O-])cc2[C@@H]2Nc3ccc4ccccc4c3C3=C2C(=O)CC(C)(C)C3)CC1. The van der Waals surface area contributed by atoms with E-state index in [2.05, 4.69) is 89.3 Å². The molecule has 0 radical (unpaired) electrons. The lowest BCUT2D eigenvalue weighted by atomic mass is 9.67. The molecular weight excluding hydrogens is 552 g/mol. The number of allylic oxidation sites excluding steroid dienone is 1. The van der Waals surface area contributed by atoms with E-state index in [1.54, 1.807) is 6.07 Å². The van der Waals surface area contributed by atoms with Crippen LogP contribution in [0.1, 0.15) is 43.9 Å². The Morgan fingerprint density at radius 3 is 2.14 bits per heavy atom. The topological polar surface area (TPSA) is 85.2 Å². The molecule has 4 aliphatic rings. The number of hydrogen-bond acceptors (Lipinski definition) is 8. The quantitative estimate of drug-likeness (QED) is 0.311. The van der Waals surface area contributed by atoms with Gasteiger partial charge in [0.25, 0.3) is 5.69 Å². The highest BCUT2D eigenvalue weighted by Gasteiger charge is 2.42. The predicted molar refractivity (Wildman–Crippen MR) is 178 cm³/mol. The van der Waals surface area contributed by atoms with Crippen molar-refractivity contribution >= 4 is 44.9 Å².